The Bertz CT molecular complexity index is 274. The third-order valence-electron chi connectivity index (χ3n) is 1.90. The average Bonchev–Trinajstić information content (AvgIpc) is 2.16. The highest BCUT2D eigenvalue weighted by Crippen LogP contribution is 2.24. The third kappa shape index (κ3) is 2.94. The third-order valence-corrected chi connectivity index (χ3v) is 2.62. The molecular weight excluding hydrogens is 184 g/mol. The first-order valence-corrected chi connectivity index (χ1v) is 5.47. The molecule has 72 valence electrons. The van der Waals surface area contributed by atoms with Crippen LogP contribution in [0.4, 0.5) is 0 Å². The summed E-state index contributed by atoms with van der Waals surface area (Å²) in [6, 6.07) is 5.66. The Morgan fingerprint density at radius 1 is 1.38 bits per heavy atom. The molecule has 1 aromatic rings. The number of rotatable bonds is 4. The average molecular weight is 198 g/mol. The fraction of sp³-hybridized carbons (Fsp3) is 0.400. The number of phenolic OH excluding ortho intramolecular Hbond substituents is 1. The standard InChI is InChI=1S/C10H14O2S/c1-13-9-5-4-8(3-2-6-11)10(12)7-9/h4-5,7,11-12H,2-3,6H2,1H3. The predicted octanol–water partition coefficient (Wildman–Crippen LogP) is 2.04. The minimum Gasteiger partial charge on any atom is -0.508 e. The molecule has 0 heterocycles. The van der Waals surface area contributed by atoms with E-state index >= 15 is 0 Å². The normalized spacial score (nSPS) is 10.3. The lowest BCUT2D eigenvalue weighted by Crippen LogP contribution is -1.90. The Hall–Kier alpha value is -0.670. The van der Waals surface area contributed by atoms with Gasteiger partial charge in [-0.05, 0) is 36.8 Å². The maximum absolute atomic E-state index is 9.55. The van der Waals surface area contributed by atoms with E-state index in [9.17, 15) is 5.11 Å². The van der Waals surface area contributed by atoms with Crippen LogP contribution < -0.4 is 0 Å². The van der Waals surface area contributed by atoms with E-state index in [4.69, 9.17) is 5.11 Å². The molecule has 2 nitrogen and oxygen atoms in total. The molecule has 0 bridgehead atoms. The zero-order chi connectivity index (χ0) is 9.68. The summed E-state index contributed by atoms with van der Waals surface area (Å²) >= 11 is 1.61. The van der Waals surface area contributed by atoms with Crippen molar-refractivity contribution in [1.82, 2.24) is 0 Å². The van der Waals surface area contributed by atoms with Gasteiger partial charge in [-0.2, -0.15) is 0 Å². The molecule has 1 aromatic carbocycles. The molecule has 13 heavy (non-hydrogen) atoms. The molecule has 0 aliphatic heterocycles. The van der Waals surface area contributed by atoms with E-state index in [0.717, 1.165) is 16.9 Å². The molecule has 0 aliphatic carbocycles. The van der Waals surface area contributed by atoms with Crippen molar-refractivity contribution in [2.45, 2.75) is 17.7 Å². The van der Waals surface area contributed by atoms with E-state index in [-0.39, 0.29) is 6.61 Å². The highest BCUT2D eigenvalue weighted by molar-refractivity contribution is 7.98. The number of benzene rings is 1. The van der Waals surface area contributed by atoms with Crippen LogP contribution in [0.5, 0.6) is 5.75 Å². The number of aliphatic hydroxyl groups excluding tert-OH is 1. The number of aliphatic hydroxyl groups is 1. The molecule has 0 aliphatic rings. The van der Waals surface area contributed by atoms with Crippen LogP contribution in [0.2, 0.25) is 0 Å². The lowest BCUT2D eigenvalue weighted by molar-refractivity contribution is 0.288. The van der Waals surface area contributed by atoms with Gasteiger partial charge >= 0.3 is 0 Å². The predicted molar refractivity (Wildman–Crippen MR) is 55.3 cm³/mol. The van der Waals surface area contributed by atoms with Gasteiger partial charge in [-0.25, -0.2) is 0 Å². The van der Waals surface area contributed by atoms with Crippen LogP contribution in [0.25, 0.3) is 0 Å². The van der Waals surface area contributed by atoms with Crippen molar-refractivity contribution in [1.29, 1.82) is 0 Å². The van der Waals surface area contributed by atoms with E-state index < -0.39 is 0 Å². The molecule has 3 heteroatoms. The molecule has 1 rings (SSSR count). The van der Waals surface area contributed by atoms with Crippen LogP contribution in [-0.4, -0.2) is 23.1 Å². The zero-order valence-corrected chi connectivity index (χ0v) is 8.47. The fourth-order valence-corrected chi connectivity index (χ4v) is 1.59. The molecule has 0 radical (unpaired) electrons. The van der Waals surface area contributed by atoms with Crippen LogP contribution in [0.15, 0.2) is 23.1 Å². The first kappa shape index (κ1) is 10.4. The SMILES string of the molecule is CSc1ccc(CCCO)c(O)c1. The zero-order valence-electron chi connectivity index (χ0n) is 7.66. The van der Waals surface area contributed by atoms with Crippen LogP contribution in [-0.2, 0) is 6.42 Å². The van der Waals surface area contributed by atoms with Gasteiger partial charge in [-0.15, -0.1) is 11.8 Å². The second-order valence-electron chi connectivity index (χ2n) is 2.82. The summed E-state index contributed by atoms with van der Waals surface area (Å²) in [5.41, 5.74) is 0.909. The van der Waals surface area contributed by atoms with E-state index in [1.165, 1.54) is 0 Å². The molecule has 0 spiro atoms. The fourth-order valence-electron chi connectivity index (χ4n) is 1.15. The van der Waals surface area contributed by atoms with Crippen LogP contribution >= 0.6 is 11.8 Å². The number of aromatic hydroxyl groups is 1. The molecule has 2 N–H and O–H groups in total. The van der Waals surface area contributed by atoms with E-state index in [1.54, 1.807) is 17.8 Å². The smallest absolute Gasteiger partial charge is 0.119 e. The summed E-state index contributed by atoms with van der Waals surface area (Å²) in [5, 5.41) is 18.2. The Kier molecular flexibility index (Phi) is 4.12. The van der Waals surface area contributed by atoms with Gasteiger partial charge in [-0.3, -0.25) is 0 Å². The second kappa shape index (κ2) is 5.14. The maximum atomic E-state index is 9.55. The highest BCUT2D eigenvalue weighted by atomic mass is 32.2. The topological polar surface area (TPSA) is 40.5 Å². The van der Waals surface area contributed by atoms with Crippen LogP contribution in [0.3, 0.4) is 0 Å². The summed E-state index contributed by atoms with van der Waals surface area (Å²) in [4.78, 5) is 1.06. The van der Waals surface area contributed by atoms with Crippen molar-refractivity contribution < 1.29 is 10.2 Å². The molecule has 0 fully saturated rings. The Balaban J connectivity index is 2.73. The molecule has 0 amide bonds. The minimum absolute atomic E-state index is 0.170. The van der Waals surface area contributed by atoms with Crippen molar-refractivity contribution in [3.05, 3.63) is 23.8 Å². The van der Waals surface area contributed by atoms with Crippen molar-refractivity contribution in [2.75, 3.05) is 12.9 Å². The lowest BCUT2D eigenvalue weighted by atomic mass is 10.1. The largest absolute Gasteiger partial charge is 0.508 e. The van der Waals surface area contributed by atoms with E-state index in [0.29, 0.717) is 12.2 Å². The Morgan fingerprint density at radius 2 is 2.15 bits per heavy atom. The van der Waals surface area contributed by atoms with Gasteiger partial charge in [0.25, 0.3) is 0 Å². The Labute approximate surface area is 82.6 Å². The van der Waals surface area contributed by atoms with Gasteiger partial charge in [0.15, 0.2) is 0 Å². The number of aryl methyl sites for hydroxylation is 1. The summed E-state index contributed by atoms with van der Waals surface area (Å²) in [6.45, 7) is 0.170. The summed E-state index contributed by atoms with van der Waals surface area (Å²) in [7, 11) is 0. The number of hydrogen-bond acceptors (Lipinski definition) is 3. The summed E-state index contributed by atoms with van der Waals surface area (Å²) < 4.78 is 0. The molecule has 0 saturated carbocycles. The quantitative estimate of drug-likeness (QED) is 0.727. The van der Waals surface area contributed by atoms with Gasteiger partial charge in [0.2, 0.25) is 0 Å². The summed E-state index contributed by atoms with van der Waals surface area (Å²) in [5.74, 6) is 0.334. The molecule has 0 unspecified atom stereocenters. The van der Waals surface area contributed by atoms with Gasteiger partial charge in [0.1, 0.15) is 5.75 Å². The molecule has 0 atom stereocenters. The number of thioether (sulfide) groups is 1. The van der Waals surface area contributed by atoms with Gasteiger partial charge in [0.05, 0.1) is 0 Å². The second-order valence-corrected chi connectivity index (χ2v) is 3.70. The van der Waals surface area contributed by atoms with Crippen LogP contribution in [0, 0.1) is 0 Å². The van der Waals surface area contributed by atoms with Gasteiger partial charge < -0.3 is 10.2 Å². The van der Waals surface area contributed by atoms with Gasteiger partial charge in [0, 0.05) is 11.5 Å². The summed E-state index contributed by atoms with van der Waals surface area (Å²) in [6.07, 6.45) is 3.41. The van der Waals surface area contributed by atoms with Crippen molar-refractivity contribution in [3.8, 4) is 5.75 Å². The Morgan fingerprint density at radius 3 is 2.69 bits per heavy atom. The monoisotopic (exact) mass is 198 g/mol. The lowest BCUT2D eigenvalue weighted by Gasteiger charge is -2.04. The number of hydrogen-bond donors (Lipinski definition) is 2. The highest BCUT2D eigenvalue weighted by Gasteiger charge is 2.01. The van der Waals surface area contributed by atoms with E-state index in [2.05, 4.69) is 0 Å². The molecule has 0 saturated heterocycles. The minimum atomic E-state index is 0.170. The first-order valence-electron chi connectivity index (χ1n) is 4.24. The van der Waals surface area contributed by atoms with Crippen molar-refractivity contribution in [3.63, 3.8) is 0 Å². The molecule has 0 aromatic heterocycles. The van der Waals surface area contributed by atoms with Crippen molar-refractivity contribution >= 4 is 11.8 Å². The van der Waals surface area contributed by atoms with Gasteiger partial charge in [-0.1, -0.05) is 6.07 Å². The molecular formula is C10H14O2S. The maximum Gasteiger partial charge on any atom is 0.119 e. The van der Waals surface area contributed by atoms with Crippen LogP contribution in [0.1, 0.15) is 12.0 Å². The van der Waals surface area contributed by atoms with E-state index in [1.807, 2.05) is 18.4 Å². The van der Waals surface area contributed by atoms with Crippen molar-refractivity contribution in [2.24, 2.45) is 0 Å². The number of phenols is 1. The first-order chi connectivity index (χ1) is 6.27.